The first-order valence-electron chi connectivity index (χ1n) is 6.69. The molecule has 0 unspecified atom stereocenters. The monoisotopic (exact) mass is 317 g/mol. The Morgan fingerprint density at radius 3 is 2.41 bits per heavy atom. The van der Waals surface area contributed by atoms with Crippen LogP contribution in [0.1, 0.15) is 18.3 Å². The Morgan fingerprint density at radius 1 is 1.23 bits per heavy atom. The number of benzene rings is 1. The van der Waals surface area contributed by atoms with Crippen LogP contribution in [0.15, 0.2) is 18.2 Å². The number of hydrogen-bond acceptors (Lipinski definition) is 4. The number of aromatic nitrogens is 2. The fourth-order valence-corrected chi connectivity index (χ4v) is 2.04. The van der Waals surface area contributed by atoms with Gasteiger partial charge in [-0.25, -0.2) is 4.98 Å². The summed E-state index contributed by atoms with van der Waals surface area (Å²) in [5.41, 5.74) is -0.786. The zero-order valence-electron chi connectivity index (χ0n) is 12.3. The van der Waals surface area contributed by atoms with Gasteiger partial charge in [0.2, 0.25) is 0 Å². The highest BCUT2D eigenvalue weighted by Crippen LogP contribution is 2.31. The van der Waals surface area contributed by atoms with Crippen LogP contribution in [0.5, 0.6) is 0 Å². The molecule has 0 aliphatic heterocycles. The van der Waals surface area contributed by atoms with Crippen molar-refractivity contribution >= 4 is 11.0 Å². The lowest BCUT2D eigenvalue weighted by atomic mass is 10.1. The molecule has 2 aromatic rings. The Labute approximate surface area is 125 Å². The number of aryl methyl sites for hydroxylation is 1. The molecule has 0 radical (unpaired) electrons. The lowest BCUT2D eigenvalue weighted by Gasteiger charge is -2.26. The Kier molecular flexibility index (Phi) is 4.46. The molecular weight excluding hydrogens is 299 g/mol. The van der Waals surface area contributed by atoms with E-state index in [1.54, 1.807) is 18.5 Å². The third kappa shape index (κ3) is 3.23. The van der Waals surface area contributed by atoms with E-state index in [0.29, 0.717) is 11.3 Å². The molecule has 0 spiro atoms. The summed E-state index contributed by atoms with van der Waals surface area (Å²) in [7, 11) is 1.70. The quantitative estimate of drug-likeness (QED) is 0.780. The zero-order chi connectivity index (χ0) is 16.5. The molecule has 5 nitrogen and oxygen atoms in total. The molecule has 22 heavy (non-hydrogen) atoms. The highest BCUT2D eigenvalue weighted by molar-refractivity contribution is 5.77. The highest BCUT2D eigenvalue weighted by atomic mass is 19.4. The maximum absolute atomic E-state index is 12.7. The predicted octanol–water partition coefficient (Wildman–Crippen LogP) is 1.43. The molecule has 1 aromatic carbocycles. The van der Waals surface area contributed by atoms with Gasteiger partial charge in [-0.15, -0.1) is 0 Å². The van der Waals surface area contributed by atoms with Gasteiger partial charge in [0.15, 0.2) is 0 Å². The second kappa shape index (κ2) is 5.86. The minimum absolute atomic E-state index is 0.212. The number of hydrogen-bond donors (Lipinski definition) is 3. The largest absolute Gasteiger partial charge is 0.416 e. The Balaban J connectivity index is 2.30. The molecule has 0 aliphatic carbocycles. The van der Waals surface area contributed by atoms with Crippen molar-refractivity contribution in [2.75, 3.05) is 13.2 Å². The van der Waals surface area contributed by atoms with E-state index in [2.05, 4.69) is 10.3 Å². The summed E-state index contributed by atoms with van der Waals surface area (Å²) in [6, 6.07) is 3.41. The third-order valence-electron chi connectivity index (χ3n) is 3.67. The number of rotatable bonds is 5. The van der Waals surface area contributed by atoms with Gasteiger partial charge in [-0.2, -0.15) is 13.2 Å². The number of halogens is 3. The second-order valence-corrected chi connectivity index (χ2v) is 5.52. The van der Waals surface area contributed by atoms with Gasteiger partial charge < -0.3 is 20.1 Å². The SMILES string of the molecule is Cn1c(CNC(C)(CO)CO)nc2cc(C(F)(F)F)ccc21. The number of aliphatic hydroxyl groups is 2. The smallest absolute Gasteiger partial charge is 0.394 e. The first-order valence-corrected chi connectivity index (χ1v) is 6.69. The van der Waals surface area contributed by atoms with Crippen molar-refractivity contribution in [3.63, 3.8) is 0 Å². The summed E-state index contributed by atoms with van der Waals surface area (Å²) in [5.74, 6) is 0.516. The number of alkyl halides is 3. The van der Waals surface area contributed by atoms with Crippen LogP contribution in [-0.2, 0) is 19.8 Å². The average molecular weight is 317 g/mol. The van der Waals surface area contributed by atoms with Crippen LogP contribution in [0.4, 0.5) is 13.2 Å². The number of nitrogens with zero attached hydrogens (tertiary/aromatic N) is 2. The fraction of sp³-hybridized carbons (Fsp3) is 0.500. The molecular formula is C14H18F3N3O2. The van der Waals surface area contributed by atoms with Crippen LogP contribution < -0.4 is 5.32 Å². The van der Waals surface area contributed by atoms with Crippen LogP contribution in [0.3, 0.4) is 0 Å². The number of imidazole rings is 1. The van der Waals surface area contributed by atoms with Crippen LogP contribution in [-0.4, -0.2) is 38.5 Å². The van der Waals surface area contributed by atoms with Gasteiger partial charge in [-0.1, -0.05) is 0 Å². The summed E-state index contributed by atoms with van der Waals surface area (Å²) in [4.78, 5) is 4.20. The predicted molar refractivity (Wildman–Crippen MR) is 75.1 cm³/mol. The zero-order valence-corrected chi connectivity index (χ0v) is 12.3. The van der Waals surface area contributed by atoms with Crippen LogP contribution >= 0.6 is 0 Å². The van der Waals surface area contributed by atoms with Crippen LogP contribution in [0.2, 0.25) is 0 Å². The molecule has 0 saturated heterocycles. The van der Waals surface area contributed by atoms with E-state index in [4.69, 9.17) is 0 Å². The van der Waals surface area contributed by atoms with E-state index in [-0.39, 0.29) is 25.3 Å². The molecule has 122 valence electrons. The van der Waals surface area contributed by atoms with E-state index in [0.717, 1.165) is 12.1 Å². The lowest BCUT2D eigenvalue weighted by Crippen LogP contribution is -2.48. The van der Waals surface area contributed by atoms with Gasteiger partial charge in [0.25, 0.3) is 0 Å². The highest BCUT2D eigenvalue weighted by Gasteiger charge is 2.31. The van der Waals surface area contributed by atoms with E-state index < -0.39 is 17.3 Å². The second-order valence-electron chi connectivity index (χ2n) is 5.52. The van der Waals surface area contributed by atoms with Crippen LogP contribution in [0, 0.1) is 0 Å². The molecule has 0 saturated carbocycles. The summed E-state index contributed by atoms with van der Waals surface area (Å²) in [6.07, 6.45) is -4.41. The Bertz CT molecular complexity index is 663. The van der Waals surface area contributed by atoms with Crippen molar-refractivity contribution in [1.82, 2.24) is 14.9 Å². The van der Waals surface area contributed by atoms with Gasteiger partial charge in [0, 0.05) is 7.05 Å². The normalized spacial score (nSPS) is 13.0. The van der Waals surface area contributed by atoms with Crippen molar-refractivity contribution in [3.05, 3.63) is 29.6 Å². The average Bonchev–Trinajstić information content (AvgIpc) is 2.80. The minimum Gasteiger partial charge on any atom is -0.394 e. The molecule has 2 rings (SSSR count). The number of aliphatic hydroxyl groups excluding tert-OH is 2. The molecule has 1 aromatic heterocycles. The van der Waals surface area contributed by atoms with E-state index in [1.165, 1.54) is 6.07 Å². The van der Waals surface area contributed by atoms with Crippen molar-refractivity contribution in [1.29, 1.82) is 0 Å². The fourth-order valence-electron chi connectivity index (χ4n) is 2.04. The standard InChI is InChI=1S/C14H18F3N3O2/c1-13(7-21,8-22)18-6-12-19-10-5-9(14(15,16)17)3-4-11(10)20(12)2/h3-5,18,21-22H,6-8H2,1-2H3. The van der Waals surface area contributed by atoms with E-state index >= 15 is 0 Å². The van der Waals surface area contributed by atoms with Crippen molar-refractivity contribution < 1.29 is 23.4 Å². The molecule has 0 bridgehead atoms. The Hall–Kier alpha value is -1.64. The van der Waals surface area contributed by atoms with Gasteiger partial charge in [0.1, 0.15) is 5.82 Å². The first kappa shape index (κ1) is 16.7. The molecule has 8 heteroatoms. The maximum atomic E-state index is 12.7. The topological polar surface area (TPSA) is 70.3 Å². The summed E-state index contributed by atoms with van der Waals surface area (Å²) < 4.78 is 39.8. The van der Waals surface area contributed by atoms with Gasteiger partial charge in [-0.3, -0.25) is 0 Å². The van der Waals surface area contributed by atoms with Crippen molar-refractivity contribution in [3.8, 4) is 0 Å². The molecule has 0 amide bonds. The minimum atomic E-state index is -4.41. The summed E-state index contributed by atoms with van der Waals surface area (Å²) in [6.45, 7) is 1.30. The van der Waals surface area contributed by atoms with Gasteiger partial charge in [0.05, 0.1) is 41.9 Å². The number of nitrogens with one attached hydrogen (secondary N) is 1. The molecule has 3 N–H and O–H groups in total. The molecule has 1 heterocycles. The Morgan fingerprint density at radius 2 is 1.86 bits per heavy atom. The van der Waals surface area contributed by atoms with Crippen LogP contribution in [0.25, 0.3) is 11.0 Å². The molecule has 0 fully saturated rings. The number of fused-ring (bicyclic) bond motifs is 1. The van der Waals surface area contributed by atoms with Gasteiger partial charge in [-0.05, 0) is 25.1 Å². The van der Waals surface area contributed by atoms with Crippen molar-refractivity contribution in [2.45, 2.75) is 25.2 Å². The summed E-state index contributed by atoms with van der Waals surface area (Å²) >= 11 is 0. The third-order valence-corrected chi connectivity index (χ3v) is 3.67. The molecule has 0 atom stereocenters. The van der Waals surface area contributed by atoms with E-state index in [1.807, 2.05) is 0 Å². The first-order chi connectivity index (χ1) is 10.2. The molecule has 0 aliphatic rings. The summed E-state index contributed by atoms with van der Waals surface area (Å²) in [5, 5.41) is 21.4. The van der Waals surface area contributed by atoms with Crippen molar-refractivity contribution in [2.24, 2.45) is 7.05 Å². The van der Waals surface area contributed by atoms with E-state index in [9.17, 15) is 23.4 Å². The lowest BCUT2D eigenvalue weighted by molar-refractivity contribution is -0.137. The maximum Gasteiger partial charge on any atom is 0.416 e. The van der Waals surface area contributed by atoms with Gasteiger partial charge >= 0.3 is 6.18 Å².